The first-order valence-corrected chi connectivity index (χ1v) is 7.21. The molecule has 0 saturated heterocycles. The van der Waals surface area contributed by atoms with Gasteiger partial charge in [-0.25, -0.2) is 0 Å². The molecule has 0 aliphatic carbocycles. The molecular formula is C14H27ClO. The van der Waals surface area contributed by atoms with Crippen LogP contribution in [-0.2, 0) is 4.79 Å². The lowest BCUT2D eigenvalue weighted by Gasteiger charge is -2.25. The Morgan fingerprint density at radius 3 is 1.94 bits per heavy atom. The van der Waals surface area contributed by atoms with Crippen molar-refractivity contribution in [2.45, 2.75) is 72.1 Å². The number of unbranched alkanes of at least 4 members (excludes halogenated alkanes) is 1. The second-order valence-corrected chi connectivity index (χ2v) is 5.22. The first-order chi connectivity index (χ1) is 7.65. The number of carbonyl (C=O) groups excluding carboxylic acids is 1. The Balaban J connectivity index is 4.31. The summed E-state index contributed by atoms with van der Waals surface area (Å²) in [5, 5.41) is -0.156. The summed E-state index contributed by atoms with van der Waals surface area (Å²) < 4.78 is 0. The predicted molar refractivity (Wildman–Crippen MR) is 71.8 cm³/mol. The molecule has 0 heterocycles. The van der Waals surface area contributed by atoms with Crippen molar-refractivity contribution in [2.75, 3.05) is 0 Å². The molecule has 0 amide bonds. The quantitative estimate of drug-likeness (QED) is 0.487. The van der Waals surface area contributed by atoms with E-state index in [9.17, 15) is 4.79 Å². The molecule has 0 rings (SSSR count). The summed E-state index contributed by atoms with van der Waals surface area (Å²) in [4.78, 5) is 11.1. The van der Waals surface area contributed by atoms with Crippen LogP contribution in [0.2, 0.25) is 0 Å². The number of rotatable bonds is 10. The van der Waals surface area contributed by atoms with Crippen molar-refractivity contribution >= 4 is 16.8 Å². The minimum Gasteiger partial charge on any atom is -0.281 e. The third-order valence-corrected chi connectivity index (χ3v) is 3.49. The Hall–Kier alpha value is -0.0400. The van der Waals surface area contributed by atoms with Gasteiger partial charge in [-0.1, -0.05) is 59.3 Å². The maximum absolute atomic E-state index is 11.1. The molecule has 2 heteroatoms. The molecule has 2 unspecified atom stereocenters. The zero-order chi connectivity index (χ0) is 12.4. The molecule has 0 fully saturated rings. The molecule has 0 aromatic rings. The van der Waals surface area contributed by atoms with Gasteiger partial charge in [-0.3, -0.25) is 4.79 Å². The molecule has 0 aromatic carbocycles. The summed E-state index contributed by atoms with van der Waals surface area (Å²) in [6, 6.07) is 0. The highest BCUT2D eigenvalue weighted by Gasteiger charge is 2.21. The lowest BCUT2D eigenvalue weighted by Crippen LogP contribution is -2.17. The molecule has 0 N–H and O–H groups in total. The molecule has 0 radical (unpaired) electrons. The molecule has 16 heavy (non-hydrogen) atoms. The summed E-state index contributed by atoms with van der Waals surface area (Å²) in [6.45, 7) is 6.64. The largest absolute Gasteiger partial charge is 0.281 e. The van der Waals surface area contributed by atoms with E-state index in [0.717, 1.165) is 12.8 Å². The first kappa shape index (κ1) is 16.0. The van der Waals surface area contributed by atoms with Crippen molar-refractivity contribution in [1.82, 2.24) is 0 Å². The number of carbonyl (C=O) groups is 1. The van der Waals surface area contributed by atoms with Gasteiger partial charge in [0.05, 0.1) is 0 Å². The number of hydrogen-bond acceptors (Lipinski definition) is 1. The van der Waals surface area contributed by atoms with Crippen molar-refractivity contribution in [3.05, 3.63) is 0 Å². The summed E-state index contributed by atoms with van der Waals surface area (Å²) in [5.41, 5.74) is 0. The second kappa shape index (κ2) is 10.1. The maximum Gasteiger partial charge on any atom is 0.221 e. The van der Waals surface area contributed by atoms with Crippen LogP contribution < -0.4 is 0 Å². The summed E-state index contributed by atoms with van der Waals surface area (Å²) in [7, 11) is 0. The molecule has 0 aliphatic rings. The lowest BCUT2D eigenvalue weighted by molar-refractivity contribution is -0.113. The number of hydrogen-bond donors (Lipinski definition) is 0. The van der Waals surface area contributed by atoms with E-state index in [1.807, 2.05) is 0 Å². The topological polar surface area (TPSA) is 17.1 Å². The number of halogens is 1. The van der Waals surface area contributed by atoms with Crippen molar-refractivity contribution in [3.8, 4) is 0 Å². The molecule has 1 nitrogen and oxygen atoms in total. The average Bonchev–Trinajstić information content (AvgIpc) is 2.23. The van der Waals surface area contributed by atoms with Gasteiger partial charge in [-0.2, -0.15) is 0 Å². The van der Waals surface area contributed by atoms with Crippen LogP contribution in [0.15, 0.2) is 0 Å². The van der Waals surface area contributed by atoms with Crippen LogP contribution in [-0.4, -0.2) is 5.24 Å². The van der Waals surface area contributed by atoms with Crippen LogP contribution in [0.25, 0.3) is 0 Å². The van der Waals surface area contributed by atoms with E-state index < -0.39 is 0 Å². The Labute approximate surface area is 106 Å². The summed E-state index contributed by atoms with van der Waals surface area (Å²) in [6.07, 6.45) is 9.12. The van der Waals surface area contributed by atoms with E-state index in [1.165, 1.54) is 32.1 Å². The van der Waals surface area contributed by atoms with Crippen LogP contribution in [0, 0.1) is 11.8 Å². The van der Waals surface area contributed by atoms with Gasteiger partial charge in [0.25, 0.3) is 0 Å². The predicted octanol–water partition coefficient (Wildman–Crippen LogP) is 5.16. The molecule has 0 aromatic heterocycles. The minimum absolute atomic E-state index is 0.156. The monoisotopic (exact) mass is 246 g/mol. The molecule has 0 aliphatic heterocycles. The Bertz CT molecular complexity index is 180. The molecule has 96 valence electrons. The Kier molecular flexibility index (Phi) is 10.1. The van der Waals surface area contributed by atoms with Crippen LogP contribution >= 0.6 is 11.6 Å². The van der Waals surface area contributed by atoms with E-state index in [2.05, 4.69) is 20.8 Å². The van der Waals surface area contributed by atoms with Crippen molar-refractivity contribution in [3.63, 3.8) is 0 Å². The SMILES string of the molecule is CCCCC(CCC)C(CCC)CC(=O)Cl. The van der Waals surface area contributed by atoms with Gasteiger partial charge in [-0.05, 0) is 29.9 Å². The first-order valence-electron chi connectivity index (χ1n) is 6.83. The average molecular weight is 247 g/mol. The van der Waals surface area contributed by atoms with Crippen LogP contribution in [0.1, 0.15) is 72.1 Å². The molecule has 2 atom stereocenters. The second-order valence-electron chi connectivity index (χ2n) is 4.80. The zero-order valence-electron chi connectivity index (χ0n) is 11.1. The fraction of sp³-hybridized carbons (Fsp3) is 0.929. The van der Waals surface area contributed by atoms with Crippen molar-refractivity contribution in [1.29, 1.82) is 0 Å². The third kappa shape index (κ3) is 7.27. The van der Waals surface area contributed by atoms with Crippen LogP contribution in [0.4, 0.5) is 0 Å². The Morgan fingerprint density at radius 2 is 1.50 bits per heavy atom. The fourth-order valence-electron chi connectivity index (χ4n) is 2.53. The summed E-state index contributed by atoms with van der Waals surface area (Å²) in [5.74, 6) is 1.22. The molecule has 0 spiro atoms. The van der Waals surface area contributed by atoms with Gasteiger partial charge < -0.3 is 0 Å². The lowest BCUT2D eigenvalue weighted by atomic mass is 9.80. The van der Waals surface area contributed by atoms with E-state index in [4.69, 9.17) is 11.6 Å². The van der Waals surface area contributed by atoms with Crippen LogP contribution in [0.5, 0.6) is 0 Å². The van der Waals surface area contributed by atoms with Gasteiger partial charge in [0.15, 0.2) is 0 Å². The van der Waals surface area contributed by atoms with Crippen molar-refractivity contribution in [2.24, 2.45) is 11.8 Å². The highest BCUT2D eigenvalue weighted by atomic mass is 35.5. The third-order valence-electron chi connectivity index (χ3n) is 3.34. The van der Waals surface area contributed by atoms with Crippen molar-refractivity contribution < 1.29 is 4.79 Å². The highest BCUT2D eigenvalue weighted by molar-refractivity contribution is 6.63. The maximum atomic E-state index is 11.1. The molecule has 0 bridgehead atoms. The van der Waals surface area contributed by atoms with Crippen LogP contribution in [0.3, 0.4) is 0 Å². The van der Waals surface area contributed by atoms with E-state index in [-0.39, 0.29) is 5.24 Å². The minimum atomic E-state index is -0.156. The molecular weight excluding hydrogens is 220 g/mol. The van der Waals surface area contributed by atoms with E-state index in [1.54, 1.807) is 0 Å². The zero-order valence-corrected chi connectivity index (χ0v) is 11.9. The van der Waals surface area contributed by atoms with Gasteiger partial charge in [0, 0.05) is 6.42 Å². The Morgan fingerprint density at radius 1 is 0.938 bits per heavy atom. The van der Waals surface area contributed by atoms with Gasteiger partial charge in [0.1, 0.15) is 0 Å². The smallest absolute Gasteiger partial charge is 0.221 e. The standard InChI is InChI=1S/C14H27ClO/c1-4-7-10-12(8-5-2)13(9-6-3)11-14(15)16/h12-13H,4-11H2,1-3H3. The highest BCUT2D eigenvalue weighted by Crippen LogP contribution is 2.30. The van der Waals surface area contributed by atoms with Gasteiger partial charge >= 0.3 is 0 Å². The van der Waals surface area contributed by atoms with E-state index in [0.29, 0.717) is 18.3 Å². The normalized spacial score (nSPS) is 14.8. The van der Waals surface area contributed by atoms with E-state index >= 15 is 0 Å². The summed E-state index contributed by atoms with van der Waals surface area (Å²) >= 11 is 5.55. The molecule has 0 saturated carbocycles. The fourth-order valence-corrected chi connectivity index (χ4v) is 2.73. The van der Waals surface area contributed by atoms with Gasteiger partial charge in [-0.15, -0.1) is 0 Å². The van der Waals surface area contributed by atoms with Gasteiger partial charge in [0.2, 0.25) is 5.24 Å².